The van der Waals surface area contributed by atoms with Gasteiger partial charge in [0.25, 0.3) is 5.91 Å². The minimum atomic E-state index is -0.811. The van der Waals surface area contributed by atoms with E-state index < -0.39 is 5.54 Å². The standard InChI is InChI=1S/C22H27N3O4S/c1-15(2)14-25-21(28)23-20(27)22(25)9-11-24(12-10-22)19(26)8-6-16-5-7-17(29-16)18-4-3-13-30-18/h3-5,7,13,15H,6,8-12,14H2,1-2H3,(H,23,27,28). The van der Waals surface area contributed by atoms with Gasteiger partial charge in [-0.25, -0.2) is 4.79 Å². The van der Waals surface area contributed by atoms with Gasteiger partial charge in [-0.3, -0.25) is 14.9 Å². The molecule has 4 heterocycles. The lowest BCUT2D eigenvalue weighted by atomic mass is 9.85. The first-order valence-electron chi connectivity index (χ1n) is 10.4. The maximum Gasteiger partial charge on any atom is 0.325 e. The lowest BCUT2D eigenvalue weighted by Gasteiger charge is -2.42. The molecule has 1 spiro atoms. The number of nitrogens with zero attached hydrogens (tertiary/aromatic N) is 2. The smallest absolute Gasteiger partial charge is 0.325 e. The normalized spacial score (nSPS) is 18.5. The first kappa shape index (κ1) is 20.7. The minimum Gasteiger partial charge on any atom is -0.460 e. The molecule has 2 aromatic rings. The average Bonchev–Trinajstić information content (AvgIpc) is 3.45. The van der Waals surface area contributed by atoms with E-state index in [-0.39, 0.29) is 23.8 Å². The van der Waals surface area contributed by atoms with E-state index in [0.29, 0.717) is 45.3 Å². The molecule has 7 nitrogen and oxygen atoms in total. The third kappa shape index (κ3) is 3.88. The first-order valence-corrected chi connectivity index (χ1v) is 11.3. The highest BCUT2D eigenvalue weighted by molar-refractivity contribution is 7.13. The highest BCUT2D eigenvalue weighted by atomic mass is 32.1. The zero-order valence-corrected chi connectivity index (χ0v) is 18.2. The molecule has 4 rings (SSSR count). The van der Waals surface area contributed by atoms with E-state index in [2.05, 4.69) is 5.32 Å². The Hall–Kier alpha value is -2.61. The molecule has 0 radical (unpaired) electrons. The zero-order valence-electron chi connectivity index (χ0n) is 17.3. The van der Waals surface area contributed by atoms with Crippen molar-refractivity contribution in [3.63, 3.8) is 0 Å². The van der Waals surface area contributed by atoms with Crippen LogP contribution in [0.4, 0.5) is 4.79 Å². The lowest BCUT2D eigenvalue weighted by molar-refractivity contribution is -0.138. The Morgan fingerprint density at radius 3 is 2.67 bits per heavy atom. The van der Waals surface area contributed by atoms with Gasteiger partial charge in [-0.1, -0.05) is 19.9 Å². The van der Waals surface area contributed by atoms with Crippen molar-refractivity contribution in [2.45, 2.75) is 45.1 Å². The van der Waals surface area contributed by atoms with Crippen LogP contribution in [0.2, 0.25) is 0 Å². The van der Waals surface area contributed by atoms with Crippen LogP contribution in [0.1, 0.15) is 38.9 Å². The number of imide groups is 1. The monoisotopic (exact) mass is 429 g/mol. The first-order chi connectivity index (χ1) is 14.4. The molecule has 30 heavy (non-hydrogen) atoms. The summed E-state index contributed by atoms with van der Waals surface area (Å²) in [5.41, 5.74) is -0.811. The van der Waals surface area contributed by atoms with Gasteiger partial charge in [0.05, 0.1) is 4.88 Å². The molecule has 2 saturated heterocycles. The predicted molar refractivity (Wildman–Crippen MR) is 114 cm³/mol. The summed E-state index contributed by atoms with van der Waals surface area (Å²) in [6, 6.07) is 7.54. The van der Waals surface area contributed by atoms with Crippen molar-refractivity contribution in [1.29, 1.82) is 0 Å². The number of amides is 4. The van der Waals surface area contributed by atoms with Gasteiger partial charge in [-0.15, -0.1) is 11.3 Å². The number of urea groups is 1. The second-order valence-electron chi connectivity index (χ2n) is 8.42. The number of rotatable bonds is 6. The van der Waals surface area contributed by atoms with Crippen LogP contribution in [0, 0.1) is 5.92 Å². The van der Waals surface area contributed by atoms with Crippen LogP contribution in [0.15, 0.2) is 34.1 Å². The van der Waals surface area contributed by atoms with Gasteiger partial charge in [-0.05, 0) is 42.3 Å². The van der Waals surface area contributed by atoms with Crippen molar-refractivity contribution in [3.05, 3.63) is 35.4 Å². The molecule has 0 atom stereocenters. The SMILES string of the molecule is CC(C)CN1C(=O)NC(=O)C12CCN(C(=O)CCc1ccc(-c3cccs3)o1)CC2. The molecule has 160 valence electrons. The lowest BCUT2D eigenvalue weighted by Crippen LogP contribution is -2.58. The Kier molecular flexibility index (Phi) is 5.69. The number of hydrogen-bond donors (Lipinski definition) is 1. The molecule has 0 aromatic carbocycles. The van der Waals surface area contributed by atoms with Gasteiger partial charge < -0.3 is 14.2 Å². The number of carbonyl (C=O) groups is 3. The summed E-state index contributed by atoms with van der Waals surface area (Å²) in [5.74, 6) is 1.72. The Bertz CT molecular complexity index is 926. The van der Waals surface area contributed by atoms with Crippen molar-refractivity contribution in [2.24, 2.45) is 5.92 Å². The van der Waals surface area contributed by atoms with Crippen molar-refractivity contribution in [3.8, 4) is 10.6 Å². The summed E-state index contributed by atoms with van der Waals surface area (Å²) in [5, 5.41) is 4.48. The number of likely N-dealkylation sites (tertiary alicyclic amines) is 1. The Morgan fingerprint density at radius 1 is 1.23 bits per heavy atom. The molecule has 0 aliphatic carbocycles. The van der Waals surface area contributed by atoms with Gasteiger partial charge in [-0.2, -0.15) is 0 Å². The van der Waals surface area contributed by atoms with E-state index in [1.807, 2.05) is 43.5 Å². The fraction of sp³-hybridized carbons (Fsp3) is 0.500. The van der Waals surface area contributed by atoms with Gasteiger partial charge in [0.15, 0.2) is 0 Å². The summed E-state index contributed by atoms with van der Waals surface area (Å²) in [4.78, 5) is 42.1. The van der Waals surface area contributed by atoms with E-state index in [1.54, 1.807) is 21.1 Å². The molecule has 2 aliphatic rings. The van der Waals surface area contributed by atoms with E-state index in [4.69, 9.17) is 4.42 Å². The maximum atomic E-state index is 12.7. The molecular weight excluding hydrogens is 402 g/mol. The quantitative estimate of drug-likeness (QED) is 0.713. The van der Waals surface area contributed by atoms with Crippen molar-refractivity contribution >= 4 is 29.2 Å². The molecule has 2 aliphatic heterocycles. The summed E-state index contributed by atoms with van der Waals surface area (Å²) < 4.78 is 5.86. The molecule has 0 saturated carbocycles. The third-order valence-electron chi connectivity index (χ3n) is 5.91. The second kappa shape index (κ2) is 8.26. The van der Waals surface area contributed by atoms with Crippen LogP contribution in [0.5, 0.6) is 0 Å². The summed E-state index contributed by atoms with van der Waals surface area (Å²) in [6.07, 6.45) is 1.87. The zero-order chi connectivity index (χ0) is 21.3. The number of furan rings is 1. The van der Waals surface area contributed by atoms with Crippen LogP contribution < -0.4 is 5.32 Å². The molecule has 0 unspecified atom stereocenters. The summed E-state index contributed by atoms with van der Waals surface area (Å²) in [7, 11) is 0. The largest absolute Gasteiger partial charge is 0.460 e. The average molecular weight is 430 g/mol. The topological polar surface area (TPSA) is 82.9 Å². The van der Waals surface area contributed by atoms with Gasteiger partial charge >= 0.3 is 6.03 Å². The number of carbonyl (C=O) groups excluding carboxylic acids is 3. The molecule has 2 aromatic heterocycles. The predicted octanol–water partition coefficient (Wildman–Crippen LogP) is 3.51. The van der Waals surface area contributed by atoms with Crippen LogP contribution in [0.3, 0.4) is 0 Å². The van der Waals surface area contributed by atoms with E-state index in [1.165, 1.54) is 0 Å². The summed E-state index contributed by atoms with van der Waals surface area (Å²) >= 11 is 1.62. The summed E-state index contributed by atoms with van der Waals surface area (Å²) in [6.45, 7) is 5.55. The second-order valence-corrected chi connectivity index (χ2v) is 9.37. The molecule has 2 fully saturated rings. The van der Waals surface area contributed by atoms with E-state index in [9.17, 15) is 14.4 Å². The van der Waals surface area contributed by atoms with Crippen molar-refractivity contribution < 1.29 is 18.8 Å². The Balaban J connectivity index is 1.33. The third-order valence-corrected chi connectivity index (χ3v) is 6.79. The number of aryl methyl sites for hydroxylation is 1. The van der Waals surface area contributed by atoms with E-state index in [0.717, 1.165) is 16.4 Å². The van der Waals surface area contributed by atoms with Gasteiger partial charge in [0.1, 0.15) is 17.1 Å². The number of hydrogen-bond acceptors (Lipinski definition) is 5. The number of piperidine rings is 1. The molecule has 8 heteroatoms. The molecule has 0 bridgehead atoms. The van der Waals surface area contributed by atoms with Gasteiger partial charge in [0.2, 0.25) is 5.91 Å². The minimum absolute atomic E-state index is 0.0547. The van der Waals surface area contributed by atoms with Crippen LogP contribution >= 0.6 is 11.3 Å². The van der Waals surface area contributed by atoms with E-state index >= 15 is 0 Å². The van der Waals surface area contributed by atoms with Crippen LogP contribution in [-0.2, 0) is 16.0 Å². The van der Waals surface area contributed by atoms with Crippen LogP contribution in [-0.4, -0.2) is 52.8 Å². The highest BCUT2D eigenvalue weighted by Gasteiger charge is 2.54. The van der Waals surface area contributed by atoms with Crippen LogP contribution in [0.25, 0.3) is 10.6 Å². The molecular formula is C22H27N3O4S. The number of nitrogens with one attached hydrogen (secondary N) is 1. The van der Waals surface area contributed by atoms with Gasteiger partial charge in [0, 0.05) is 32.5 Å². The molecule has 1 N–H and O–H groups in total. The maximum absolute atomic E-state index is 12.7. The molecule has 4 amide bonds. The number of thiophene rings is 1. The Morgan fingerprint density at radius 2 is 2.00 bits per heavy atom. The Labute approximate surface area is 180 Å². The highest BCUT2D eigenvalue weighted by Crippen LogP contribution is 2.34. The van der Waals surface area contributed by atoms with Crippen molar-refractivity contribution in [2.75, 3.05) is 19.6 Å². The van der Waals surface area contributed by atoms with Crippen molar-refractivity contribution in [1.82, 2.24) is 15.1 Å². The fourth-order valence-corrected chi connectivity index (χ4v) is 4.98. The fourth-order valence-electron chi connectivity index (χ4n) is 4.30.